The summed E-state index contributed by atoms with van der Waals surface area (Å²) in [6.07, 6.45) is 4.75. The Bertz CT molecular complexity index is 786. The van der Waals surface area contributed by atoms with Crippen molar-refractivity contribution in [2.24, 2.45) is 0 Å². The molecule has 0 unspecified atom stereocenters. The fourth-order valence-electron chi connectivity index (χ4n) is 1.86. The Hall–Kier alpha value is -2.90. The second-order valence-electron chi connectivity index (χ2n) is 4.44. The van der Waals surface area contributed by atoms with Crippen LogP contribution < -0.4 is 0 Å². The Morgan fingerprint density at radius 2 is 2.00 bits per heavy atom. The van der Waals surface area contributed by atoms with Gasteiger partial charge in [-0.05, 0) is 11.6 Å². The number of aromatic amines is 2. The number of alkyl halides is 3. The molecule has 0 amide bonds. The molecule has 112 valence electrons. The zero-order valence-corrected chi connectivity index (χ0v) is 11.1. The monoisotopic (exact) mass is 305 g/mol. The molecule has 3 aromatic heterocycles. The van der Waals surface area contributed by atoms with Gasteiger partial charge in [0.25, 0.3) is 0 Å². The molecule has 0 aliphatic carbocycles. The fourth-order valence-corrected chi connectivity index (χ4v) is 1.86. The minimum atomic E-state index is -4.49. The number of nitrogens with zero attached hydrogens (tertiary/aromatic N) is 3. The Balaban J connectivity index is 1.89. The maximum absolute atomic E-state index is 12.6. The maximum Gasteiger partial charge on any atom is 0.434 e. The Morgan fingerprint density at radius 3 is 2.68 bits per heavy atom. The van der Waals surface area contributed by atoms with E-state index in [1.165, 1.54) is 0 Å². The highest BCUT2D eigenvalue weighted by atomic mass is 19.4. The number of hydrogen-bond donors (Lipinski definition) is 2. The first kappa shape index (κ1) is 14.1. The van der Waals surface area contributed by atoms with Crippen molar-refractivity contribution in [1.82, 2.24) is 25.1 Å². The van der Waals surface area contributed by atoms with Crippen molar-refractivity contribution in [2.75, 3.05) is 0 Å². The van der Waals surface area contributed by atoms with Crippen LogP contribution in [0.1, 0.15) is 16.8 Å². The quantitative estimate of drug-likeness (QED) is 0.779. The van der Waals surface area contributed by atoms with Gasteiger partial charge in [0.15, 0.2) is 11.5 Å². The van der Waals surface area contributed by atoms with Crippen molar-refractivity contribution in [2.45, 2.75) is 6.18 Å². The van der Waals surface area contributed by atoms with E-state index in [-0.39, 0.29) is 5.82 Å². The molecular formula is C14H10F3N5. The molecule has 3 rings (SSSR count). The molecule has 0 aliphatic heterocycles. The summed E-state index contributed by atoms with van der Waals surface area (Å²) in [4.78, 5) is 10.0. The van der Waals surface area contributed by atoms with Gasteiger partial charge in [0, 0.05) is 30.4 Å². The third-order valence-corrected chi connectivity index (χ3v) is 2.90. The molecule has 22 heavy (non-hydrogen) atoms. The fraction of sp³-hybridized carbons (Fsp3) is 0.0714. The van der Waals surface area contributed by atoms with E-state index in [2.05, 4.69) is 25.1 Å². The molecular weight excluding hydrogens is 295 g/mol. The summed E-state index contributed by atoms with van der Waals surface area (Å²) in [5.74, 6) is 0.0550. The predicted octanol–water partition coefficient (Wildman–Crippen LogP) is 3.38. The van der Waals surface area contributed by atoms with Gasteiger partial charge in [0.2, 0.25) is 0 Å². The summed E-state index contributed by atoms with van der Waals surface area (Å²) in [6, 6.07) is 3.65. The number of H-pyrrole nitrogens is 2. The van der Waals surface area contributed by atoms with Crippen LogP contribution in [0.4, 0.5) is 13.2 Å². The van der Waals surface area contributed by atoms with E-state index < -0.39 is 11.9 Å². The van der Waals surface area contributed by atoms with Gasteiger partial charge >= 0.3 is 6.18 Å². The second kappa shape index (κ2) is 5.47. The standard InChI is InChI=1S/C14H10F3N5/c15-14(16,17)11-8-19-13(21-11)12-10(7-20-22-12)4-3-9-2-1-5-18-6-9/h1-8H,(H,19,21)(H,20,22). The van der Waals surface area contributed by atoms with Crippen LogP contribution in [0.2, 0.25) is 0 Å². The first-order chi connectivity index (χ1) is 10.5. The summed E-state index contributed by atoms with van der Waals surface area (Å²) in [5, 5.41) is 6.56. The van der Waals surface area contributed by atoms with Crippen LogP contribution in [0.5, 0.6) is 0 Å². The summed E-state index contributed by atoms with van der Waals surface area (Å²) in [7, 11) is 0. The molecule has 0 spiro atoms. The van der Waals surface area contributed by atoms with Crippen LogP contribution in [-0.4, -0.2) is 25.1 Å². The van der Waals surface area contributed by atoms with Gasteiger partial charge in [-0.25, -0.2) is 4.98 Å². The van der Waals surface area contributed by atoms with Crippen LogP contribution in [0, 0.1) is 0 Å². The number of aromatic nitrogens is 5. The average molecular weight is 305 g/mol. The van der Waals surface area contributed by atoms with Gasteiger partial charge in [0.1, 0.15) is 5.69 Å². The summed E-state index contributed by atoms with van der Waals surface area (Å²) < 4.78 is 37.7. The third-order valence-electron chi connectivity index (χ3n) is 2.90. The minimum absolute atomic E-state index is 0.0550. The second-order valence-corrected chi connectivity index (χ2v) is 4.44. The van der Waals surface area contributed by atoms with Crippen LogP contribution in [-0.2, 0) is 6.18 Å². The molecule has 0 atom stereocenters. The van der Waals surface area contributed by atoms with E-state index in [0.29, 0.717) is 11.3 Å². The zero-order chi connectivity index (χ0) is 15.6. The van der Waals surface area contributed by atoms with Crippen LogP contribution in [0.3, 0.4) is 0 Å². The summed E-state index contributed by atoms with van der Waals surface area (Å²) in [6.45, 7) is 0. The number of rotatable bonds is 3. The van der Waals surface area contributed by atoms with Gasteiger partial charge in [-0.15, -0.1) is 0 Å². The predicted molar refractivity (Wildman–Crippen MR) is 74.3 cm³/mol. The normalized spacial score (nSPS) is 12.1. The van der Waals surface area contributed by atoms with E-state index in [4.69, 9.17) is 0 Å². The van der Waals surface area contributed by atoms with Gasteiger partial charge < -0.3 is 4.98 Å². The SMILES string of the molecule is FC(F)(F)c1c[nH]c(-c2n[nH]cc2C=Cc2cccnc2)n1. The van der Waals surface area contributed by atoms with Crippen molar-refractivity contribution in [1.29, 1.82) is 0 Å². The highest BCUT2D eigenvalue weighted by molar-refractivity contribution is 5.76. The van der Waals surface area contributed by atoms with E-state index >= 15 is 0 Å². The molecule has 0 fully saturated rings. The molecule has 0 saturated heterocycles. The zero-order valence-electron chi connectivity index (χ0n) is 11.1. The number of nitrogens with one attached hydrogen (secondary N) is 2. The molecule has 8 heteroatoms. The van der Waals surface area contributed by atoms with Crippen LogP contribution in [0.15, 0.2) is 36.9 Å². The van der Waals surface area contributed by atoms with Crippen molar-refractivity contribution in [3.05, 3.63) is 53.7 Å². The third kappa shape index (κ3) is 2.90. The minimum Gasteiger partial charge on any atom is -0.343 e. The first-order valence-corrected chi connectivity index (χ1v) is 6.29. The molecule has 0 bridgehead atoms. The number of halogens is 3. The van der Waals surface area contributed by atoms with E-state index in [0.717, 1.165) is 11.8 Å². The molecule has 0 saturated carbocycles. The van der Waals surface area contributed by atoms with Crippen LogP contribution >= 0.6 is 0 Å². The molecule has 3 aromatic rings. The largest absolute Gasteiger partial charge is 0.434 e. The lowest BCUT2D eigenvalue weighted by Gasteiger charge is -1.99. The topological polar surface area (TPSA) is 70.2 Å². The van der Waals surface area contributed by atoms with E-state index in [1.54, 1.807) is 36.8 Å². The average Bonchev–Trinajstić information content (AvgIpc) is 3.14. The van der Waals surface area contributed by atoms with E-state index in [9.17, 15) is 13.2 Å². The van der Waals surface area contributed by atoms with Gasteiger partial charge in [0.05, 0.1) is 0 Å². The summed E-state index contributed by atoms with van der Waals surface area (Å²) in [5.41, 5.74) is 0.820. The molecule has 0 aromatic carbocycles. The number of hydrogen-bond acceptors (Lipinski definition) is 3. The molecule has 3 heterocycles. The first-order valence-electron chi connectivity index (χ1n) is 6.29. The molecule has 0 aliphatic rings. The number of pyridine rings is 1. The van der Waals surface area contributed by atoms with Gasteiger partial charge in [-0.3, -0.25) is 10.1 Å². The van der Waals surface area contributed by atoms with Crippen molar-refractivity contribution < 1.29 is 13.2 Å². The lowest BCUT2D eigenvalue weighted by atomic mass is 10.2. The van der Waals surface area contributed by atoms with Gasteiger partial charge in [-0.2, -0.15) is 18.3 Å². The van der Waals surface area contributed by atoms with Crippen molar-refractivity contribution in [3.8, 4) is 11.5 Å². The van der Waals surface area contributed by atoms with Crippen LogP contribution in [0.25, 0.3) is 23.7 Å². The lowest BCUT2D eigenvalue weighted by Crippen LogP contribution is -2.04. The van der Waals surface area contributed by atoms with E-state index in [1.807, 2.05) is 6.07 Å². The van der Waals surface area contributed by atoms with Crippen molar-refractivity contribution >= 4 is 12.2 Å². The summed E-state index contributed by atoms with van der Waals surface area (Å²) >= 11 is 0. The highest BCUT2D eigenvalue weighted by Crippen LogP contribution is 2.29. The smallest absolute Gasteiger partial charge is 0.343 e. The molecule has 5 nitrogen and oxygen atoms in total. The van der Waals surface area contributed by atoms with Crippen molar-refractivity contribution in [3.63, 3.8) is 0 Å². The van der Waals surface area contributed by atoms with Gasteiger partial charge in [-0.1, -0.05) is 18.2 Å². The highest BCUT2D eigenvalue weighted by Gasteiger charge is 2.34. The lowest BCUT2D eigenvalue weighted by molar-refractivity contribution is -0.140. The number of imidazole rings is 1. The Labute approximate surface area is 122 Å². The molecule has 0 radical (unpaired) electrons. The Morgan fingerprint density at radius 1 is 1.14 bits per heavy atom. The molecule has 2 N–H and O–H groups in total. The Kier molecular flexibility index (Phi) is 3.50. The maximum atomic E-state index is 12.6.